The minimum absolute atomic E-state index is 0.150. The Kier molecular flexibility index (Phi) is 5.24. The first kappa shape index (κ1) is 16.0. The summed E-state index contributed by atoms with van der Waals surface area (Å²) in [4.78, 5) is 13.8. The number of ether oxygens (including phenoxy) is 1. The van der Waals surface area contributed by atoms with E-state index in [0.29, 0.717) is 17.9 Å². The Morgan fingerprint density at radius 1 is 1.30 bits per heavy atom. The molecule has 0 aromatic rings. The van der Waals surface area contributed by atoms with Gasteiger partial charge in [0.05, 0.1) is 0 Å². The predicted octanol–water partition coefficient (Wildman–Crippen LogP) is 2.58. The molecule has 2 fully saturated rings. The van der Waals surface area contributed by atoms with Crippen LogP contribution in [0.4, 0.5) is 4.79 Å². The monoisotopic (exact) mass is 300 g/mol. The lowest BCUT2D eigenvalue weighted by atomic mass is 10.2. The summed E-state index contributed by atoms with van der Waals surface area (Å²) in [5, 5.41) is 3.64. The van der Waals surface area contributed by atoms with Gasteiger partial charge in [-0.15, -0.1) is 0 Å². The fraction of sp³-hybridized carbons (Fsp3) is 0.933. The Morgan fingerprint density at radius 3 is 2.50 bits per heavy atom. The van der Waals surface area contributed by atoms with Crippen molar-refractivity contribution in [1.82, 2.24) is 10.2 Å². The van der Waals surface area contributed by atoms with E-state index in [1.807, 2.05) is 37.4 Å². The number of carbonyl (C=O) groups excluding carboxylic acids is 1. The molecule has 1 N–H and O–H groups in total. The maximum absolute atomic E-state index is 11.9. The number of nitrogens with zero attached hydrogens (tertiary/aromatic N) is 1. The second-order valence-electron chi connectivity index (χ2n) is 6.89. The lowest BCUT2D eigenvalue weighted by molar-refractivity contribution is 0.0269. The zero-order valence-electron chi connectivity index (χ0n) is 13.1. The molecule has 2 aliphatic rings. The zero-order valence-corrected chi connectivity index (χ0v) is 14.0. The summed E-state index contributed by atoms with van der Waals surface area (Å²) in [5.41, 5.74) is -0.390. The average Bonchev–Trinajstić information content (AvgIpc) is 2.81. The average molecular weight is 300 g/mol. The highest BCUT2D eigenvalue weighted by molar-refractivity contribution is 7.98. The van der Waals surface area contributed by atoms with E-state index in [0.717, 1.165) is 19.6 Å². The van der Waals surface area contributed by atoms with Gasteiger partial charge < -0.3 is 15.0 Å². The topological polar surface area (TPSA) is 41.6 Å². The van der Waals surface area contributed by atoms with Crippen LogP contribution in [-0.2, 0) is 4.74 Å². The highest BCUT2D eigenvalue weighted by atomic mass is 32.2. The number of amides is 1. The van der Waals surface area contributed by atoms with Gasteiger partial charge in [0.2, 0.25) is 0 Å². The molecular formula is C15H28N2O2S. The van der Waals surface area contributed by atoms with E-state index >= 15 is 0 Å². The van der Waals surface area contributed by atoms with E-state index in [-0.39, 0.29) is 6.09 Å². The van der Waals surface area contributed by atoms with Crippen LogP contribution in [0.2, 0.25) is 0 Å². The largest absolute Gasteiger partial charge is 0.444 e. The van der Waals surface area contributed by atoms with Crippen molar-refractivity contribution in [3.63, 3.8) is 0 Å². The molecule has 1 saturated heterocycles. The van der Waals surface area contributed by atoms with E-state index < -0.39 is 5.60 Å². The van der Waals surface area contributed by atoms with Gasteiger partial charge >= 0.3 is 6.09 Å². The number of hydrogen-bond donors (Lipinski definition) is 1. The van der Waals surface area contributed by atoms with Gasteiger partial charge in [0.1, 0.15) is 5.60 Å². The van der Waals surface area contributed by atoms with Crippen molar-refractivity contribution < 1.29 is 9.53 Å². The van der Waals surface area contributed by atoms with Crippen LogP contribution in [0.15, 0.2) is 0 Å². The third-order valence-corrected chi connectivity index (χ3v) is 4.70. The molecule has 20 heavy (non-hydrogen) atoms. The van der Waals surface area contributed by atoms with E-state index in [1.54, 1.807) is 0 Å². The van der Waals surface area contributed by atoms with E-state index in [1.165, 1.54) is 18.6 Å². The first-order valence-corrected chi connectivity index (χ1v) is 9.02. The van der Waals surface area contributed by atoms with E-state index in [2.05, 4.69) is 11.6 Å². The molecule has 116 valence electrons. The SMILES string of the molecule is CSCCCCNC1C2CN(C(=O)OC(C)(C)C)CC21. The normalized spacial score (nSPS) is 28.4. The minimum Gasteiger partial charge on any atom is -0.444 e. The minimum atomic E-state index is -0.390. The van der Waals surface area contributed by atoms with Crippen LogP contribution < -0.4 is 5.32 Å². The lowest BCUT2D eigenvalue weighted by Gasteiger charge is -2.26. The number of unbranched alkanes of at least 4 members (excludes halogenated alkanes) is 1. The van der Waals surface area contributed by atoms with E-state index in [4.69, 9.17) is 4.74 Å². The number of fused-ring (bicyclic) bond motifs is 1. The molecule has 1 aliphatic carbocycles. The van der Waals surface area contributed by atoms with Crippen LogP contribution in [0, 0.1) is 11.8 Å². The zero-order chi connectivity index (χ0) is 14.8. The Balaban J connectivity index is 1.60. The summed E-state index contributed by atoms with van der Waals surface area (Å²) in [6.45, 7) is 8.59. The van der Waals surface area contributed by atoms with Gasteiger partial charge in [0.25, 0.3) is 0 Å². The molecule has 0 aromatic carbocycles. The van der Waals surface area contributed by atoms with Crippen LogP contribution in [-0.4, -0.2) is 54.3 Å². The van der Waals surface area contributed by atoms with Crippen molar-refractivity contribution in [1.29, 1.82) is 0 Å². The number of piperidine rings is 1. The van der Waals surface area contributed by atoms with Crippen molar-refractivity contribution in [2.75, 3.05) is 31.6 Å². The molecule has 4 nitrogen and oxygen atoms in total. The molecule has 1 amide bonds. The molecule has 0 bridgehead atoms. The summed E-state index contributed by atoms with van der Waals surface area (Å²) >= 11 is 1.91. The van der Waals surface area contributed by atoms with Crippen LogP contribution in [0.25, 0.3) is 0 Å². The summed E-state index contributed by atoms with van der Waals surface area (Å²) in [6, 6.07) is 0.642. The molecule has 1 saturated carbocycles. The third kappa shape index (κ3) is 4.29. The second-order valence-corrected chi connectivity index (χ2v) is 7.88. The summed E-state index contributed by atoms with van der Waals surface area (Å²) in [6.07, 6.45) is 4.56. The molecule has 1 heterocycles. The summed E-state index contributed by atoms with van der Waals surface area (Å²) in [7, 11) is 0. The van der Waals surface area contributed by atoms with Gasteiger partial charge in [-0.1, -0.05) is 0 Å². The number of nitrogens with one attached hydrogen (secondary N) is 1. The fourth-order valence-electron chi connectivity index (χ4n) is 2.94. The maximum Gasteiger partial charge on any atom is 0.410 e. The predicted molar refractivity (Wildman–Crippen MR) is 84.2 cm³/mol. The quantitative estimate of drug-likeness (QED) is 0.766. The summed E-state index contributed by atoms with van der Waals surface area (Å²) in [5.74, 6) is 2.57. The Hall–Kier alpha value is -0.420. The van der Waals surface area contributed by atoms with Crippen molar-refractivity contribution in [2.45, 2.75) is 45.3 Å². The third-order valence-electron chi connectivity index (χ3n) is 4.00. The molecular weight excluding hydrogens is 272 g/mol. The number of likely N-dealkylation sites (tertiary alicyclic amines) is 1. The molecule has 5 heteroatoms. The highest BCUT2D eigenvalue weighted by Crippen LogP contribution is 2.45. The Bertz CT molecular complexity index is 331. The van der Waals surface area contributed by atoms with Crippen molar-refractivity contribution in [3.05, 3.63) is 0 Å². The van der Waals surface area contributed by atoms with E-state index in [9.17, 15) is 4.79 Å². The number of rotatable bonds is 6. The highest BCUT2D eigenvalue weighted by Gasteiger charge is 2.56. The van der Waals surface area contributed by atoms with Gasteiger partial charge in [-0.25, -0.2) is 4.79 Å². The van der Waals surface area contributed by atoms with Gasteiger partial charge in [-0.05, 0) is 64.0 Å². The van der Waals surface area contributed by atoms with Crippen molar-refractivity contribution in [2.24, 2.45) is 11.8 Å². The first-order valence-electron chi connectivity index (χ1n) is 7.62. The number of hydrogen-bond acceptors (Lipinski definition) is 4. The standard InChI is InChI=1S/C15H28N2O2S/c1-15(2,3)19-14(18)17-9-11-12(10-17)13(11)16-7-5-6-8-20-4/h11-13,16H,5-10H2,1-4H3. The molecule has 2 atom stereocenters. The molecule has 2 rings (SSSR count). The van der Waals surface area contributed by atoms with Crippen LogP contribution >= 0.6 is 11.8 Å². The molecule has 0 spiro atoms. The molecule has 0 aromatic heterocycles. The maximum atomic E-state index is 11.9. The van der Waals surface area contributed by atoms with Gasteiger partial charge in [0.15, 0.2) is 0 Å². The molecule has 0 radical (unpaired) electrons. The van der Waals surface area contributed by atoms with Crippen LogP contribution in [0.5, 0.6) is 0 Å². The molecule has 1 aliphatic heterocycles. The van der Waals surface area contributed by atoms with Gasteiger partial charge in [-0.2, -0.15) is 11.8 Å². The lowest BCUT2D eigenvalue weighted by Crippen LogP contribution is -2.39. The number of thioether (sulfide) groups is 1. The van der Waals surface area contributed by atoms with Crippen LogP contribution in [0.3, 0.4) is 0 Å². The Labute approximate surface area is 127 Å². The Morgan fingerprint density at radius 2 is 1.95 bits per heavy atom. The van der Waals surface area contributed by atoms with Crippen molar-refractivity contribution >= 4 is 17.9 Å². The van der Waals surface area contributed by atoms with Gasteiger partial charge in [-0.3, -0.25) is 0 Å². The number of carbonyl (C=O) groups is 1. The van der Waals surface area contributed by atoms with Crippen molar-refractivity contribution in [3.8, 4) is 0 Å². The smallest absolute Gasteiger partial charge is 0.410 e. The fourth-order valence-corrected chi connectivity index (χ4v) is 3.44. The summed E-state index contributed by atoms with van der Waals surface area (Å²) < 4.78 is 5.42. The van der Waals surface area contributed by atoms with Crippen LogP contribution in [0.1, 0.15) is 33.6 Å². The van der Waals surface area contributed by atoms with Gasteiger partial charge in [0, 0.05) is 19.1 Å². The second kappa shape index (κ2) is 6.56. The first-order chi connectivity index (χ1) is 9.42. The molecule has 2 unspecified atom stereocenters.